The molecule has 5 rings (SSSR count). The van der Waals surface area contributed by atoms with Gasteiger partial charge in [-0.15, -0.1) is 21.9 Å². The van der Waals surface area contributed by atoms with E-state index in [0.717, 1.165) is 12.0 Å². The van der Waals surface area contributed by atoms with Crippen LogP contribution < -0.4 is 21.9 Å². The summed E-state index contributed by atoms with van der Waals surface area (Å²) in [6, 6.07) is 7.95. The number of Topliss-reactive ketones (excluding diaryl/α,β-unsaturated/α-hetero) is 1. The number of rotatable bonds is 8. The zero-order chi connectivity index (χ0) is 44.9. The van der Waals surface area contributed by atoms with Crippen molar-refractivity contribution in [1.29, 1.82) is 0 Å². The lowest BCUT2D eigenvalue weighted by Gasteiger charge is -2.44. The molecule has 0 bridgehead atoms. The van der Waals surface area contributed by atoms with E-state index in [2.05, 4.69) is 19.4 Å². The SMILES string of the molecule is CCc1ccc(C(=O)C[S+](C)C)cc1.Fc1c(F)c(F)c([B-](c2c(F)c(F)c(F)c(F)c2F)(c2c(F)c(F)c(F)c(F)c2F)c2c(F)c(F)c(F)c(F)c2F)c(F)c1F. The van der Waals surface area contributed by atoms with Crippen molar-refractivity contribution in [2.45, 2.75) is 13.3 Å². The van der Waals surface area contributed by atoms with Gasteiger partial charge in [-0.25, -0.2) is 87.8 Å². The minimum Gasteiger partial charge on any atom is -0.289 e. The Morgan fingerprint density at radius 3 is 0.780 bits per heavy atom. The molecule has 0 saturated heterocycles. The van der Waals surface area contributed by atoms with Crippen LogP contribution in [0.15, 0.2) is 24.3 Å². The highest BCUT2D eigenvalue weighted by Crippen LogP contribution is 2.30. The van der Waals surface area contributed by atoms with Crippen LogP contribution in [-0.4, -0.2) is 30.2 Å². The molecule has 0 N–H and O–H groups in total. The Balaban J connectivity index is 0.000000464. The maximum Gasteiger partial charge on any atom is 0.211 e. The molecule has 5 aromatic rings. The Hall–Kier alpha value is -5.22. The number of halogens is 20. The van der Waals surface area contributed by atoms with Crippen LogP contribution in [-0.2, 0) is 17.3 Å². The quantitative estimate of drug-likeness (QED) is 0.0384. The van der Waals surface area contributed by atoms with Crippen molar-refractivity contribution in [3.63, 3.8) is 0 Å². The van der Waals surface area contributed by atoms with E-state index in [-0.39, 0.29) is 16.7 Å². The van der Waals surface area contributed by atoms with Gasteiger partial charge in [0, 0.05) is 5.56 Å². The Bertz CT molecular complexity index is 2130. The molecule has 316 valence electrons. The third-order valence-corrected chi connectivity index (χ3v) is 9.65. The number of hydrogen-bond donors (Lipinski definition) is 0. The van der Waals surface area contributed by atoms with Crippen LogP contribution in [0.2, 0.25) is 0 Å². The lowest BCUT2D eigenvalue weighted by molar-refractivity contribution is 0.102. The average Bonchev–Trinajstić information content (AvgIpc) is 3.20. The molecule has 0 fully saturated rings. The number of aryl methyl sites for hydroxylation is 1. The predicted octanol–water partition coefficient (Wildman–Crippen LogP) is 8.16. The maximum absolute atomic E-state index is 15.4. The minimum absolute atomic E-state index is 0.197. The van der Waals surface area contributed by atoms with Gasteiger partial charge in [-0.05, 0) is 22.9 Å². The molecule has 0 amide bonds. The van der Waals surface area contributed by atoms with Gasteiger partial charge in [0.2, 0.25) is 5.78 Å². The van der Waals surface area contributed by atoms with Crippen molar-refractivity contribution in [1.82, 2.24) is 0 Å². The summed E-state index contributed by atoms with van der Waals surface area (Å²) < 4.78 is 294. The molecule has 23 heteroatoms. The van der Waals surface area contributed by atoms with Gasteiger partial charge in [-0.2, -0.15) is 0 Å². The summed E-state index contributed by atoms with van der Waals surface area (Å²) in [6.45, 7) is 2.12. The zero-order valence-electron chi connectivity index (χ0n) is 29.2. The van der Waals surface area contributed by atoms with Gasteiger partial charge in [0.1, 0.15) is 52.7 Å². The van der Waals surface area contributed by atoms with E-state index < -0.39 is 144 Å². The second kappa shape index (κ2) is 17.2. The number of ketones is 1. The van der Waals surface area contributed by atoms with E-state index in [1.54, 1.807) is 0 Å². The molecule has 59 heavy (non-hydrogen) atoms. The molecule has 0 saturated carbocycles. The van der Waals surface area contributed by atoms with Gasteiger partial charge in [-0.3, -0.25) is 4.79 Å². The van der Waals surface area contributed by atoms with E-state index in [9.17, 15) is 57.5 Å². The molecular formula is C36H17BF20OS. The Morgan fingerprint density at radius 2 is 0.593 bits per heavy atom. The van der Waals surface area contributed by atoms with Crippen LogP contribution in [0, 0.1) is 116 Å². The van der Waals surface area contributed by atoms with Crippen LogP contribution in [0.25, 0.3) is 0 Å². The van der Waals surface area contributed by atoms with Crippen LogP contribution in [0.5, 0.6) is 0 Å². The Morgan fingerprint density at radius 1 is 0.390 bits per heavy atom. The largest absolute Gasteiger partial charge is 0.289 e. The summed E-state index contributed by atoms with van der Waals surface area (Å²) in [5.74, 6) is -70.5. The van der Waals surface area contributed by atoms with Crippen molar-refractivity contribution in [3.8, 4) is 0 Å². The monoisotopic (exact) mass is 888 g/mol. The summed E-state index contributed by atoms with van der Waals surface area (Å²) in [4.78, 5) is 11.7. The van der Waals surface area contributed by atoms with Crippen LogP contribution in [0.4, 0.5) is 87.8 Å². The number of carbonyl (C=O) groups excluding carboxylic acids is 1. The van der Waals surface area contributed by atoms with Gasteiger partial charge in [0.05, 0.1) is 12.5 Å². The van der Waals surface area contributed by atoms with Gasteiger partial charge in [-0.1, -0.05) is 31.2 Å². The fourth-order valence-corrected chi connectivity index (χ4v) is 6.84. The van der Waals surface area contributed by atoms with Crippen LogP contribution >= 0.6 is 0 Å². The van der Waals surface area contributed by atoms with Crippen molar-refractivity contribution in [3.05, 3.63) is 152 Å². The fourth-order valence-electron chi connectivity index (χ4n) is 6.15. The van der Waals surface area contributed by atoms with E-state index in [1.807, 2.05) is 24.3 Å². The van der Waals surface area contributed by atoms with Crippen molar-refractivity contribution in [2.24, 2.45) is 0 Å². The van der Waals surface area contributed by atoms with Crippen molar-refractivity contribution >= 4 is 44.7 Å². The average molecular weight is 888 g/mol. The first-order valence-corrected chi connectivity index (χ1v) is 17.9. The summed E-state index contributed by atoms with van der Waals surface area (Å²) in [7, 11) is 0.197. The maximum atomic E-state index is 15.4. The Labute approximate surface area is 320 Å². The number of carbonyl (C=O) groups is 1. The summed E-state index contributed by atoms with van der Waals surface area (Å²) in [5, 5.41) is 0. The lowest BCUT2D eigenvalue weighted by atomic mass is 9.12. The zero-order valence-corrected chi connectivity index (χ0v) is 30.0. The molecular weight excluding hydrogens is 871 g/mol. The summed E-state index contributed by atoms with van der Waals surface area (Å²) in [5.41, 5.74) is -12.2. The van der Waals surface area contributed by atoms with Crippen molar-refractivity contribution in [2.75, 3.05) is 18.3 Å². The topological polar surface area (TPSA) is 17.1 Å². The second-order valence-corrected chi connectivity index (χ2v) is 14.7. The molecule has 0 aromatic heterocycles. The van der Waals surface area contributed by atoms with E-state index >= 15 is 35.1 Å². The molecule has 5 aromatic carbocycles. The second-order valence-electron chi connectivity index (χ2n) is 12.4. The highest BCUT2D eigenvalue weighted by molar-refractivity contribution is 7.96. The Kier molecular flexibility index (Phi) is 13.5. The molecule has 0 spiro atoms. The highest BCUT2D eigenvalue weighted by atomic mass is 32.2. The lowest BCUT2D eigenvalue weighted by Crippen LogP contribution is -2.81. The van der Waals surface area contributed by atoms with Gasteiger partial charge < -0.3 is 0 Å². The minimum atomic E-state index is -7.22. The first-order valence-electron chi connectivity index (χ1n) is 15.7. The normalized spacial score (nSPS) is 11.7. The van der Waals surface area contributed by atoms with E-state index in [0.29, 0.717) is 5.75 Å². The first kappa shape index (κ1) is 46.5. The molecule has 0 aliphatic heterocycles. The fraction of sp³-hybridized carbons (Fsp3) is 0.139. The summed E-state index contributed by atoms with van der Waals surface area (Å²) >= 11 is 0. The number of hydrogen-bond acceptors (Lipinski definition) is 1. The smallest absolute Gasteiger partial charge is 0.211 e. The van der Waals surface area contributed by atoms with E-state index in [4.69, 9.17) is 0 Å². The third-order valence-electron chi connectivity index (χ3n) is 8.81. The molecule has 0 atom stereocenters. The standard InChI is InChI=1S/C24BF20.C12H17OS/c26-5-1(6(27)14(35)21(42)13(5)34)25(2-7(28)15(36)22(43)16(37)8(2)29,3-9(30)17(38)23(44)18(39)10(3)31)4-11(32)19(40)24(45)20(41)12(4)33;1-4-10-5-7-11(8-6-10)12(13)9-14(2)3/h;5-8H,4,9H2,1-3H3/q-1;+1. The van der Waals surface area contributed by atoms with Gasteiger partial charge in [0.25, 0.3) is 0 Å². The van der Waals surface area contributed by atoms with Crippen LogP contribution in [0.1, 0.15) is 22.8 Å². The molecule has 0 heterocycles. The molecule has 0 radical (unpaired) electrons. The first-order chi connectivity index (χ1) is 27.3. The van der Waals surface area contributed by atoms with Crippen LogP contribution in [0.3, 0.4) is 0 Å². The predicted molar refractivity (Wildman–Crippen MR) is 173 cm³/mol. The molecule has 1 nitrogen and oxygen atoms in total. The molecule has 0 aliphatic rings. The summed E-state index contributed by atoms with van der Waals surface area (Å²) in [6.07, 6.45) is -2.00. The van der Waals surface area contributed by atoms with E-state index in [1.165, 1.54) is 5.56 Å². The van der Waals surface area contributed by atoms with Gasteiger partial charge >= 0.3 is 0 Å². The third kappa shape index (κ3) is 7.49. The molecule has 0 unspecified atom stereocenters. The molecule has 0 aliphatic carbocycles. The number of benzene rings is 5. The van der Waals surface area contributed by atoms with Gasteiger partial charge in [0.15, 0.2) is 75.6 Å². The van der Waals surface area contributed by atoms with Crippen molar-refractivity contribution < 1.29 is 92.6 Å². The highest BCUT2D eigenvalue weighted by Gasteiger charge is 2.52.